The smallest absolute Gasteiger partial charge is 0.222 e. The van der Waals surface area contributed by atoms with Gasteiger partial charge in [-0.3, -0.25) is 0 Å². The van der Waals surface area contributed by atoms with Crippen molar-refractivity contribution in [2.24, 2.45) is 0 Å². The molecule has 5 nitrogen and oxygen atoms in total. The summed E-state index contributed by atoms with van der Waals surface area (Å²) in [6, 6.07) is 17.8. The number of ether oxygens (including phenoxy) is 4. The maximum Gasteiger partial charge on any atom is 0.222 e. The highest BCUT2D eigenvalue weighted by molar-refractivity contribution is 5.90. The Morgan fingerprint density at radius 2 is 1.72 bits per heavy atom. The SMILES string of the molecule is COc1cccc(-c2cc3ccccc3c(OCC(OC)OC)n2)c1. The number of rotatable bonds is 7. The van der Waals surface area contributed by atoms with Crippen molar-refractivity contribution in [1.82, 2.24) is 4.98 Å². The number of hydrogen-bond donors (Lipinski definition) is 0. The van der Waals surface area contributed by atoms with E-state index in [1.54, 1.807) is 21.3 Å². The van der Waals surface area contributed by atoms with Gasteiger partial charge in [0.25, 0.3) is 0 Å². The standard InChI is InChI=1S/C20H21NO4/c1-22-16-9-6-8-15(11-16)18-12-14-7-4-5-10-17(14)20(21-18)25-13-19(23-2)24-3/h4-12,19H,13H2,1-3H3. The Morgan fingerprint density at radius 1 is 0.920 bits per heavy atom. The fourth-order valence-corrected chi connectivity index (χ4v) is 2.59. The van der Waals surface area contributed by atoms with Crippen molar-refractivity contribution in [3.05, 3.63) is 54.6 Å². The second-order valence-corrected chi connectivity index (χ2v) is 5.48. The summed E-state index contributed by atoms with van der Waals surface area (Å²) in [7, 11) is 4.81. The second-order valence-electron chi connectivity index (χ2n) is 5.48. The van der Waals surface area contributed by atoms with Crippen LogP contribution in [0.15, 0.2) is 54.6 Å². The molecule has 0 spiro atoms. The molecule has 1 aromatic heterocycles. The van der Waals surface area contributed by atoms with Crippen LogP contribution in [0.25, 0.3) is 22.0 Å². The van der Waals surface area contributed by atoms with Crippen LogP contribution in [0.3, 0.4) is 0 Å². The van der Waals surface area contributed by atoms with Crippen LogP contribution in [-0.4, -0.2) is 39.2 Å². The van der Waals surface area contributed by atoms with Gasteiger partial charge in [-0.1, -0.05) is 30.3 Å². The van der Waals surface area contributed by atoms with Gasteiger partial charge in [0.2, 0.25) is 5.88 Å². The number of aromatic nitrogens is 1. The number of hydrogen-bond acceptors (Lipinski definition) is 5. The number of nitrogens with zero attached hydrogens (tertiary/aromatic N) is 1. The Labute approximate surface area is 147 Å². The van der Waals surface area contributed by atoms with Crippen LogP contribution in [-0.2, 0) is 9.47 Å². The maximum atomic E-state index is 5.89. The molecule has 0 aliphatic heterocycles. The van der Waals surface area contributed by atoms with Crippen LogP contribution in [0.5, 0.6) is 11.6 Å². The lowest BCUT2D eigenvalue weighted by Gasteiger charge is -2.16. The van der Waals surface area contributed by atoms with Crippen LogP contribution >= 0.6 is 0 Å². The third-order valence-electron chi connectivity index (χ3n) is 3.95. The van der Waals surface area contributed by atoms with Crippen LogP contribution < -0.4 is 9.47 Å². The molecular formula is C20H21NO4. The minimum atomic E-state index is -0.443. The molecule has 0 N–H and O–H groups in total. The van der Waals surface area contributed by atoms with Gasteiger partial charge in [-0.05, 0) is 29.7 Å². The van der Waals surface area contributed by atoms with E-state index in [1.165, 1.54) is 0 Å². The van der Waals surface area contributed by atoms with E-state index in [-0.39, 0.29) is 6.61 Å². The Kier molecular flexibility index (Phi) is 5.48. The van der Waals surface area contributed by atoms with E-state index in [0.717, 1.165) is 27.8 Å². The molecule has 2 aromatic carbocycles. The summed E-state index contributed by atoms with van der Waals surface area (Å²) in [4.78, 5) is 4.70. The first kappa shape index (κ1) is 17.2. The fourth-order valence-electron chi connectivity index (χ4n) is 2.59. The summed E-state index contributed by atoms with van der Waals surface area (Å²) in [6.07, 6.45) is -0.443. The number of fused-ring (bicyclic) bond motifs is 1. The van der Waals surface area contributed by atoms with E-state index in [4.69, 9.17) is 23.9 Å². The van der Waals surface area contributed by atoms with E-state index in [0.29, 0.717) is 5.88 Å². The van der Waals surface area contributed by atoms with Crippen molar-refractivity contribution in [2.75, 3.05) is 27.9 Å². The van der Waals surface area contributed by atoms with E-state index < -0.39 is 6.29 Å². The van der Waals surface area contributed by atoms with Gasteiger partial charge < -0.3 is 18.9 Å². The zero-order chi connectivity index (χ0) is 17.6. The van der Waals surface area contributed by atoms with Gasteiger partial charge in [-0.2, -0.15) is 0 Å². The molecule has 3 aromatic rings. The number of methoxy groups -OCH3 is 3. The monoisotopic (exact) mass is 339 g/mol. The highest BCUT2D eigenvalue weighted by atomic mass is 16.7. The lowest BCUT2D eigenvalue weighted by atomic mass is 10.1. The first-order chi connectivity index (χ1) is 12.2. The van der Waals surface area contributed by atoms with Gasteiger partial charge in [0, 0.05) is 25.2 Å². The van der Waals surface area contributed by atoms with Gasteiger partial charge in [0.15, 0.2) is 6.29 Å². The predicted molar refractivity (Wildman–Crippen MR) is 97.0 cm³/mol. The molecule has 0 amide bonds. The molecule has 0 atom stereocenters. The van der Waals surface area contributed by atoms with Crippen molar-refractivity contribution in [3.8, 4) is 22.9 Å². The molecule has 3 rings (SSSR count). The average molecular weight is 339 g/mol. The van der Waals surface area contributed by atoms with Crippen molar-refractivity contribution < 1.29 is 18.9 Å². The lowest BCUT2D eigenvalue weighted by Crippen LogP contribution is -2.22. The molecule has 0 aliphatic rings. The molecular weight excluding hydrogens is 318 g/mol. The van der Waals surface area contributed by atoms with Crippen LogP contribution in [0.1, 0.15) is 0 Å². The molecule has 0 saturated heterocycles. The predicted octanol–water partition coefficient (Wildman–Crippen LogP) is 3.91. The Bertz CT molecular complexity index is 846. The molecule has 1 heterocycles. The number of pyridine rings is 1. The molecule has 0 aliphatic carbocycles. The minimum absolute atomic E-state index is 0.256. The summed E-state index contributed by atoms with van der Waals surface area (Å²) < 4.78 is 21.6. The largest absolute Gasteiger partial charge is 0.497 e. The van der Waals surface area contributed by atoms with Crippen LogP contribution in [0.2, 0.25) is 0 Å². The Morgan fingerprint density at radius 3 is 2.48 bits per heavy atom. The Balaban J connectivity index is 2.02. The third-order valence-corrected chi connectivity index (χ3v) is 3.95. The quantitative estimate of drug-likeness (QED) is 0.611. The van der Waals surface area contributed by atoms with Crippen molar-refractivity contribution in [1.29, 1.82) is 0 Å². The van der Waals surface area contributed by atoms with Crippen molar-refractivity contribution in [3.63, 3.8) is 0 Å². The lowest BCUT2D eigenvalue weighted by molar-refractivity contribution is -0.122. The summed E-state index contributed by atoms with van der Waals surface area (Å²) in [5.41, 5.74) is 1.78. The molecule has 5 heteroatoms. The summed E-state index contributed by atoms with van der Waals surface area (Å²) in [5, 5.41) is 2.00. The van der Waals surface area contributed by atoms with Crippen LogP contribution in [0.4, 0.5) is 0 Å². The van der Waals surface area contributed by atoms with Crippen LogP contribution in [0, 0.1) is 0 Å². The molecule has 0 fully saturated rings. The molecule has 0 radical (unpaired) electrons. The van der Waals surface area contributed by atoms with Gasteiger partial charge in [-0.15, -0.1) is 0 Å². The number of benzene rings is 2. The van der Waals surface area contributed by atoms with E-state index >= 15 is 0 Å². The average Bonchev–Trinajstić information content (AvgIpc) is 2.68. The van der Waals surface area contributed by atoms with E-state index in [9.17, 15) is 0 Å². The molecule has 25 heavy (non-hydrogen) atoms. The second kappa shape index (κ2) is 7.96. The minimum Gasteiger partial charge on any atom is -0.497 e. The summed E-state index contributed by atoms with van der Waals surface area (Å²) in [6.45, 7) is 0.256. The normalized spacial score (nSPS) is 11.0. The molecule has 0 unspecified atom stereocenters. The molecule has 130 valence electrons. The highest BCUT2D eigenvalue weighted by Crippen LogP contribution is 2.30. The zero-order valence-electron chi connectivity index (χ0n) is 14.6. The van der Waals surface area contributed by atoms with Crippen molar-refractivity contribution >= 4 is 10.8 Å². The van der Waals surface area contributed by atoms with Gasteiger partial charge in [-0.25, -0.2) is 4.98 Å². The van der Waals surface area contributed by atoms with Crippen molar-refractivity contribution in [2.45, 2.75) is 6.29 Å². The first-order valence-corrected chi connectivity index (χ1v) is 7.97. The van der Waals surface area contributed by atoms with E-state index in [1.807, 2.05) is 54.6 Å². The topological polar surface area (TPSA) is 49.8 Å². The fraction of sp³-hybridized carbons (Fsp3) is 0.250. The summed E-state index contributed by atoms with van der Waals surface area (Å²) >= 11 is 0. The van der Waals surface area contributed by atoms with Gasteiger partial charge >= 0.3 is 0 Å². The van der Waals surface area contributed by atoms with E-state index in [2.05, 4.69) is 0 Å². The third kappa shape index (κ3) is 3.90. The zero-order valence-corrected chi connectivity index (χ0v) is 14.6. The maximum absolute atomic E-state index is 5.89. The van der Waals surface area contributed by atoms with Gasteiger partial charge in [0.1, 0.15) is 12.4 Å². The van der Waals surface area contributed by atoms with Gasteiger partial charge in [0.05, 0.1) is 12.8 Å². The Hall–Kier alpha value is -2.63. The highest BCUT2D eigenvalue weighted by Gasteiger charge is 2.12. The molecule has 0 saturated carbocycles. The summed E-state index contributed by atoms with van der Waals surface area (Å²) in [5.74, 6) is 1.34. The molecule has 0 bridgehead atoms. The first-order valence-electron chi connectivity index (χ1n) is 7.97.